The Morgan fingerprint density at radius 1 is 1.33 bits per heavy atom. The molecule has 2 rings (SSSR count). The highest BCUT2D eigenvalue weighted by Gasteiger charge is 2.30. The molecule has 1 saturated heterocycles. The molecule has 0 bridgehead atoms. The molecule has 2 amide bonds. The number of nitrogens with one attached hydrogen (secondary N) is 1. The minimum Gasteiger partial charge on any atom is -0.324 e. The first kappa shape index (κ1) is 15.2. The maximum atomic E-state index is 12.6. The van der Waals surface area contributed by atoms with Crippen molar-refractivity contribution in [2.45, 2.75) is 19.0 Å². The minimum absolute atomic E-state index is 0.0531. The molecule has 0 aromatic heterocycles. The lowest BCUT2D eigenvalue weighted by molar-refractivity contribution is -0.137. The summed E-state index contributed by atoms with van der Waals surface area (Å²) >= 11 is 0. The molecule has 0 unspecified atom stereocenters. The van der Waals surface area contributed by atoms with Gasteiger partial charge in [0.15, 0.2) is 0 Å². The van der Waals surface area contributed by atoms with Gasteiger partial charge in [-0.1, -0.05) is 6.07 Å². The topological polar surface area (TPSA) is 56.1 Å². The number of amides is 2. The highest BCUT2D eigenvalue weighted by Crippen LogP contribution is 2.30. The molecule has 1 fully saturated rings. The maximum Gasteiger partial charge on any atom is 0.416 e. The molecule has 1 aromatic carbocycles. The van der Waals surface area contributed by atoms with Crippen LogP contribution in [0.15, 0.2) is 24.3 Å². The Labute approximate surface area is 120 Å². The number of benzene rings is 1. The molecule has 1 aromatic rings. The van der Waals surface area contributed by atoms with E-state index in [9.17, 15) is 18.0 Å². The Morgan fingerprint density at radius 3 is 2.57 bits per heavy atom. The van der Waals surface area contributed by atoms with Crippen molar-refractivity contribution < 1.29 is 18.0 Å². The van der Waals surface area contributed by atoms with Gasteiger partial charge in [0, 0.05) is 24.7 Å². The van der Waals surface area contributed by atoms with Gasteiger partial charge in [0.25, 0.3) is 0 Å². The van der Waals surface area contributed by atoms with Gasteiger partial charge in [-0.3, -0.25) is 0 Å². The molecule has 1 aliphatic rings. The molecule has 0 spiro atoms. The lowest BCUT2D eigenvalue weighted by Gasteiger charge is -2.29. The van der Waals surface area contributed by atoms with Gasteiger partial charge in [-0.25, -0.2) is 4.79 Å². The van der Waals surface area contributed by atoms with Gasteiger partial charge < -0.3 is 10.2 Å². The molecular formula is C14H14F3N3O. The van der Waals surface area contributed by atoms with Crippen molar-refractivity contribution in [3.8, 4) is 6.07 Å². The second-order valence-electron chi connectivity index (χ2n) is 4.90. The smallest absolute Gasteiger partial charge is 0.324 e. The number of hydrogen-bond acceptors (Lipinski definition) is 2. The predicted octanol–water partition coefficient (Wildman–Crippen LogP) is 3.47. The van der Waals surface area contributed by atoms with Gasteiger partial charge in [-0.2, -0.15) is 18.4 Å². The second kappa shape index (κ2) is 6.04. The Hall–Kier alpha value is -2.23. The van der Waals surface area contributed by atoms with E-state index < -0.39 is 17.8 Å². The third-order valence-corrected chi connectivity index (χ3v) is 3.41. The number of carbonyl (C=O) groups is 1. The number of carbonyl (C=O) groups excluding carboxylic acids is 1. The number of piperidine rings is 1. The number of hydrogen-bond donors (Lipinski definition) is 1. The molecule has 1 N–H and O–H groups in total. The summed E-state index contributed by atoms with van der Waals surface area (Å²) in [6.45, 7) is 0.867. The number of halogens is 3. The van der Waals surface area contributed by atoms with E-state index >= 15 is 0 Å². The van der Waals surface area contributed by atoms with Crippen LogP contribution in [0.4, 0.5) is 23.7 Å². The largest absolute Gasteiger partial charge is 0.416 e. The van der Waals surface area contributed by atoms with Crippen molar-refractivity contribution in [1.29, 1.82) is 5.26 Å². The predicted molar refractivity (Wildman–Crippen MR) is 70.4 cm³/mol. The monoisotopic (exact) mass is 297 g/mol. The van der Waals surface area contributed by atoms with Crippen LogP contribution in [0.5, 0.6) is 0 Å². The molecule has 4 nitrogen and oxygen atoms in total. The first-order valence-corrected chi connectivity index (χ1v) is 6.53. The van der Waals surface area contributed by atoms with E-state index in [0.29, 0.717) is 25.9 Å². The van der Waals surface area contributed by atoms with E-state index in [2.05, 4.69) is 11.4 Å². The highest BCUT2D eigenvalue weighted by molar-refractivity contribution is 5.89. The standard InChI is InChI=1S/C14H14F3N3O/c15-14(16,17)11-2-1-3-12(8-11)19-13(21)20-6-4-10(9-18)5-7-20/h1-3,8,10H,4-7H2,(H,19,21). The van der Waals surface area contributed by atoms with Gasteiger partial charge in [0.2, 0.25) is 0 Å². The maximum absolute atomic E-state index is 12.6. The average molecular weight is 297 g/mol. The van der Waals surface area contributed by atoms with Crippen LogP contribution in [0.25, 0.3) is 0 Å². The van der Waals surface area contributed by atoms with Gasteiger partial charge in [0.1, 0.15) is 0 Å². The van der Waals surface area contributed by atoms with E-state index in [4.69, 9.17) is 5.26 Å². The third kappa shape index (κ3) is 3.88. The van der Waals surface area contributed by atoms with Crippen LogP contribution in [-0.2, 0) is 6.18 Å². The highest BCUT2D eigenvalue weighted by atomic mass is 19.4. The van der Waals surface area contributed by atoms with E-state index in [1.165, 1.54) is 17.0 Å². The lowest BCUT2D eigenvalue weighted by Crippen LogP contribution is -2.40. The fourth-order valence-corrected chi connectivity index (χ4v) is 2.19. The third-order valence-electron chi connectivity index (χ3n) is 3.41. The fraction of sp³-hybridized carbons (Fsp3) is 0.429. The van der Waals surface area contributed by atoms with Crippen LogP contribution in [0, 0.1) is 17.2 Å². The summed E-state index contributed by atoms with van der Waals surface area (Å²) in [4.78, 5) is 13.5. The van der Waals surface area contributed by atoms with Crippen molar-refractivity contribution in [2.75, 3.05) is 18.4 Å². The summed E-state index contributed by atoms with van der Waals surface area (Å²) < 4.78 is 37.8. The van der Waals surface area contributed by atoms with E-state index in [0.717, 1.165) is 12.1 Å². The SMILES string of the molecule is N#CC1CCN(C(=O)Nc2cccc(C(F)(F)F)c2)CC1. The quantitative estimate of drug-likeness (QED) is 0.863. The van der Waals surface area contributed by atoms with Crippen LogP contribution < -0.4 is 5.32 Å². The number of urea groups is 1. The number of likely N-dealkylation sites (tertiary alicyclic amines) is 1. The van der Waals surface area contributed by atoms with Crippen LogP contribution in [0.3, 0.4) is 0 Å². The fourth-order valence-electron chi connectivity index (χ4n) is 2.19. The van der Waals surface area contributed by atoms with Gasteiger partial charge in [-0.15, -0.1) is 0 Å². The molecule has 1 heterocycles. The summed E-state index contributed by atoms with van der Waals surface area (Å²) in [6.07, 6.45) is -3.26. The van der Waals surface area contributed by atoms with Crippen molar-refractivity contribution in [3.05, 3.63) is 29.8 Å². The lowest BCUT2D eigenvalue weighted by atomic mass is 9.99. The van der Waals surface area contributed by atoms with Crippen LogP contribution in [-0.4, -0.2) is 24.0 Å². The minimum atomic E-state index is -4.44. The van der Waals surface area contributed by atoms with E-state index in [1.807, 2.05) is 0 Å². The summed E-state index contributed by atoms with van der Waals surface area (Å²) in [5.74, 6) is -0.0531. The van der Waals surface area contributed by atoms with Gasteiger partial charge >= 0.3 is 12.2 Å². The normalized spacial score (nSPS) is 16.4. The zero-order valence-corrected chi connectivity index (χ0v) is 11.2. The van der Waals surface area contributed by atoms with Crippen molar-refractivity contribution in [2.24, 2.45) is 5.92 Å². The Kier molecular flexibility index (Phi) is 4.36. The molecule has 21 heavy (non-hydrogen) atoms. The Morgan fingerprint density at radius 2 is 2.00 bits per heavy atom. The summed E-state index contributed by atoms with van der Waals surface area (Å²) in [5.41, 5.74) is -0.694. The van der Waals surface area contributed by atoms with Crippen molar-refractivity contribution in [3.63, 3.8) is 0 Å². The summed E-state index contributed by atoms with van der Waals surface area (Å²) in [7, 11) is 0. The van der Waals surface area contributed by atoms with Crippen LogP contribution in [0.1, 0.15) is 18.4 Å². The molecule has 1 aliphatic heterocycles. The zero-order valence-electron chi connectivity index (χ0n) is 11.2. The second-order valence-corrected chi connectivity index (χ2v) is 4.90. The number of anilines is 1. The van der Waals surface area contributed by atoms with Crippen LogP contribution in [0.2, 0.25) is 0 Å². The van der Waals surface area contributed by atoms with Gasteiger partial charge in [-0.05, 0) is 31.0 Å². The molecule has 112 valence electrons. The number of nitriles is 1. The Bertz CT molecular complexity index is 557. The zero-order chi connectivity index (χ0) is 15.5. The first-order valence-electron chi connectivity index (χ1n) is 6.53. The van der Waals surface area contributed by atoms with Crippen molar-refractivity contribution in [1.82, 2.24) is 4.90 Å². The van der Waals surface area contributed by atoms with E-state index in [-0.39, 0.29) is 11.6 Å². The number of nitrogens with zero attached hydrogens (tertiary/aromatic N) is 2. The number of rotatable bonds is 1. The molecule has 7 heteroatoms. The summed E-state index contributed by atoms with van der Waals surface area (Å²) in [5, 5.41) is 11.2. The number of alkyl halides is 3. The molecular weight excluding hydrogens is 283 g/mol. The molecule has 0 radical (unpaired) electrons. The molecule has 0 saturated carbocycles. The molecule has 0 aliphatic carbocycles. The Balaban J connectivity index is 1.99. The average Bonchev–Trinajstić information content (AvgIpc) is 2.47. The van der Waals surface area contributed by atoms with E-state index in [1.54, 1.807) is 0 Å². The molecule has 0 atom stereocenters. The van der Waals surface area contributed by atoms with Crippen molar-refractivity contribution >= 4 is 11.7 Å². The first-order chi connectivity index (χ1) is 9.90. The summed E-state index contributed by atoms with van der Waals surface area (Å²) in [6, 6.07) is 6.23. The van der Waals surface area contributed by atoms with Gasteiger partial charge in [0.05, 0.1) is 11.6 Å². The van der Waals surface area contributed by atoms with Crippen LogP contribution >= 0.6 is 0 Å².